The maximum absolute atomic E-state index is 14.7. The monoisotopic (exact) mass is 445 g/mol. The molecule has 0 saturated carbocycles. The van der Waals surface area contributed by atoms with E-state index in [1.54, 1.807) is 6.07 Å². The molecule has 0 spiro atoms. The van der Waals surface area contributed by atoms with Crippen LogP contribution in [0.4, 0.5) is 16.1 Å². The van der Waals surface area contributed by atoms with Crippen molar-refractivity contribution in [2.75, 3.05) is 36.8 Å². The van der Waals surface area contributed by atoms with Crippen LogP contribution in [0.5, 0.6) is 5.75 Å². The number of rotatable bonds is 3. The van der Waals surface area contributed by atoms with Gasteiger partial charge in [-0.2, -0.15) is 10.4 Å². The minimum atomic E-state index is -0.704. The van der Waals surface area contributed by atoms with Gasteiger partial charge in [-0.15, -0.1) is 0 Å². The first-order valence-corrected chi connectivity index (χ1v) is 10.7. The summed E-state index contributed by atoms with van der Waals surface area (Å²) in [7, 11) is 0. The molecule has 0 radical (unpaired) electrons. The molecule has 2 saturated heterocycles. The number of aromatic nitrogens is 3. The van der Waals surface area contributed by atoms with Crippen molar-refractivity contribution in [2.45, 2.75) is 0 Å². The lowest BCUT2D eigenvalue weighted by Crippen LogP contribution is -2.24. The number of furan rings is 1. The number of phenolic OH excluding ortho intramolecular Hbond substituents is 1. The Kier molecular flexibility index (Phi) is 4.28. The molecular formula is C23H20FN7O2. The van der Waals surface area contributed by atoms with E-state index >= 15 is 0 Å². The Morgan fingerprint density at radius 2 is 2.00 bits per heavy atom. The molecule has 2 atom stereocenters. The normalized spacial score (nSPS) is 19.8. The van der Waals surface area contributed by atoms with Crippen LogP contribution >= 0.6 is 0 Å². The number of nitrogens with one attached hydrogen (secondary N) is 2. The highest BCUT2D eigenvalue weighted by molar-refractivity contribution is 6.03. The van der Waals surface area contributed by atoms with E-state index in [0.29, 0.717) is 34.4 Å². The van der Waals surface area contributed by atoms with Crippen molar-refractivity contribution in [3.63, 3.8) is 0 Å². The number of anilines is 2. The zero-order chi connectivity index (χ0) is 22.7. The lowest BCUT2D eigenvalue weighted by molar-refractivity contribution is 0.469. The van der Waals surface area contributed by atoms with Crippen molar-refractivity contribution in [1.29, 1.82) is 5.26 Å². The Labute approximate surface area is 187 Å². The molecule has 0 amide bonds. The summed E-state index contributed by atoms with van der Waals surface area (Å²) in [5.41, 5.74) is 7.06. The first-order chi connectivity index (χ1) is 16.0. The van der Waals surface area contributed by atoms with E-state index in [4.69, 9.17) is 10.2 Å². The van der Waals surface area contributed by atoms with Gasteiger partial charge < -0.3 is 25.5 Å². The molecule has 0 bridgehead atoms. The van der Waals surface area contributed by atoms with Crippen LogP contribution in [0.3, 0.4) is 0 Å². The highest BCUT2D eigenvalue weighted by Crippen LogP contribution is 2.41. The summed E-state index contributed by atoms with van der Waals surface area (Å²) >= 11 is 0. The summed E-state index contributed by atoms with van der Waals surface area (Å²) in [5.74, 6) is 1.64. The largest absolute Gasteiger partial charge is 0.508 e. The summed E-state index contributed by atoms with van der Waals surface area (Å²) < 4.78 is 20.9. The number of hydrogen-bond donors (Lipinski definition) is 4. The maximum Gasteiger partial charge on any atom is 0.196 e. The molecule has 5 N–H and O–H groups in total. The van der Waals surface area contributed by atoms with Gasteiger partial charge in [0.05, 0.1) is 22.2 Å². The topological polar surface area (TPSA) is 140 Å². The van der Waals surface area contributed by atoms with Crippen LogP contribution in [0.25, 0.3) is 33.6 Å². The zero-order valence-corrected chi connectivity index (χ0v) is 17.5. The number of nitriles is 1. The van der Waals surface area contributed by atoms with Gasteiger partial charge >= 0.3 is 0 Å². The molecule has 33 heavy (non-hydrogen) atoms. The van der Waals surface area contributed by atoms with E-state index in [0.717, 1.165) is 32.2 Å². The summed E-state index contributed by atoms with van der Waals surface area (Å²) in [6.45, 7) is 3.81. The molecule has 166 valence electrons. The van der Waals surface area contributed by atoms with Crippen molar-refractivity contribution >= 4 is 22.7 Å². The van der Waals surface area contributed by atoms with E-state index in [-0.39, 0.29) is 34.0 Å². The molecular weight excluding hydrogens is 425 g/mol. The summed E-state index contributed by atoms with van der Waals surface area (Å²) in [6, 6.07) is 9.53. The van der Waals surface area contributed by atoms with Gasteiger partial charge in [0, 0.05) is 43.9 Å². The van der Waals surface area contributed by atoms with Gasteiger partial charge in [0.25, 0.3) is 0 Å². The average Bonchev–Trinajstić information content (AvgIpc) is 3.56. The number of nitrogens with two attached hydrogens (primary N) is 1. The fraction of sp³-hybridized carbons (Fsp3) is 0.261. The van der Waals surface area contributed by atoms with Crippen LogP contribution in [0.2, 0.25) is 0 Å². The molecule has 10 heteroatoms. The zero-order valence-electron chi connectivity index (χ0n) is 17.5. The molecule has 6 rings (SSSR count). The number of aromatic hydroxyl groups is 1. The van der Waals surface area contributed by atoms with Gasteiger partial charge in [0.2, 0.25) is 0 Å². The van der Waals surface area contributed by atoms with E-state index in [2.05, 4.69) is 31.5 Å². The fourth-order valence-corrected chi connectivity index (χ4v) is 4.99. The van der Waals surface area contributed by atoms with Crippen molar-refractivity contribution in [3.05, 3.63) is 41.7 Å². The SMILES string of the molecule is N#Cc1c(-c2ccc(O)cc2F)nc2n[nH]c(N)c2c1-c1ccc(N2CC3CNCC3C2)o1. The van der Waals surface area contributed by atoms with Crippen LogP contribution in [0, 0.1) is 29.0 Å². The van der Waals surface area contributed by atoms with E-state index in [1.165, 1.54) is 12.1 Å². The number of phenols is 1. The predicted molar refractivity (Wildman–Crippen MR) is 120 cm³/mol. The van der Waals surface area contributed by atoms with E-state index in [9.17, 15) is 14.8 Å². The third-order valence-electron chi connectivity index (χ3n) is 6.59. The first-order valence-electron chi connectivity index (χ1n) is 10.7. The highest BCUT2D eigenvalue weighted by Gasteiger charge is 2.37. The fourth-order valence-electron chi connectivity index (χ4n) is 4.99. The van der Waals surface area contributed by atoms with Crippen LogP contribution in [0.1, 0.15) is 5.56 Å². The Balaban J connectivity index is 1.52. The molecule has 2 fully saturated rings. The minimum absolute atomic E-state index is 0.0701. The molecule has 0 aliphatic carbocycles. The number of pyridine rings is 1. The second-order valence-electron chi connectivity index (χ2n) is 8.54. The molecule has 2 aliphatic rings. The Bertz CT molecular complexity index is 1420. The minimum Gasteiger partial charge on any atom is -0.508 e. The second-order valence-corrected chi connectivity index (χ2v) is 8.54. The summed E-state index contributed by atoms with van der Waals surface area (Å²) in [4.78, 5) is 6.62. The number of benzene rings is 1. The highest BCUT2D eigenvalue weighted by atomic mass is 19.1. The number of aromatic amines is 1. The molecule has 1 aromatic carbocycles. The van der Waals surface area contributed by atoms with Gasteiger partial charge in [-0.1, -0.05) is 0 Å². The molecule has 2 aliphatic heterocycles. The van der Waals surface area contributed by atoms with Gasteiger partial charge in [-0.3, -0.25) is 5.10 Å². The van der Waals surface area contributed by atoms with Crippen LogP contribution < -0.4 is 16.0 Å². The smallest absolute Gasteiger partial charge is 0.196 e. The summed E-state index contributed by atoms with van der Waals surface area (Å²) in [5, 5.41) is 30.4. The molecule has 9 nitrogen and oxygen atoms in total. The molecule has 5 heterocycles. The molecule has 4 aromatic rings. The van der Waals surface area contributed by atoms with Crippen molar-refractivity contribution < 1.29 is 13.9 Å². The Hall–Kier alpha value is -4.10. The third-order valence-corrected chi connectivity index (χ3v) is 6.59. The van der Waals surface area contributed by atoms with E-state index < -0.39 is 5.82 Å². The van der Waals surface area contributed by atoms with Gasteiger partial charge in [0.15, 0.2) is 11.5 Å². The lowest BCUT2D eigenvalue weighted by atomic mass is 9.97. The molecule has 3 aromatic heterocycles. The third kappa shape index (κ3) is 3.01. The van der Waals surface area contributed by atoms with Crippen LogP contribution in [-0.4, -0.2) is 46.5 Å². The van der Waals surface area contributed by atoms with E-state index in [1.807, 2.05) is 6.07 Å². The molecule has 2 unspecified atom stereocenters. The van der Waals surface area contributed by atoms with Crippen molar-refractivity contribution in [2.24, 2.45) is 11.8 Å². The van der Waals surface area contributed by atoms with Crippen molar-refractivity contribution in [1.82, 2.24) is 20.5 Å². The number of nitrogen functional groups attached to an aromatic ring is 1. The maximum atomic E-state index is 14.7. The number of hydrogen-bond acceptors (Lipinski definition) is 8. The quantitative estimate of drug-likeness (QED) is 0.377. The summed E-state index contributed by atoms with van der Waals surface area (Å²) in [6.07, 6.45) is 0. The standard InChI is InChI=1S/C23H20FN7O2/c24-16-5-13(32)1-2-14(16)21-15(6-25)19(20-22(26)29-30-23(20)28-21)17-3-4-18(33-17)31-9-11-7-27-8-12(11)10-31/h1-5,11-12,27,32H,7-10H2,(H3,26,28,29,30). The number of nitrogens with zero attached hydrogens (tertiary/aromatic N) is 4. The average molecular weight is 445 g/mol. The van der Waals surface area contributed by atoms with Gasteiger partial charge in [0.1, 0.15) is 29.2 Å². The van der Waals surface area contributed by atoms with Gasteiger partial charge in [-0.25, -0.2) is 9.37 Å². The first kappa shape index (κ1) is 19.6. The number of fused-ring (bicyclic) bond motifs is 2. The van der Waals surface area contributed by atoms with Gasteiger partial charge in [-0.05, 0) is 30.0 Å². The van der Waals surface area contributed by atoms with Crippen LogP contribution in [-0.2, 0) is 0 Å². The lowest BCUT2D eigenvalue weighted by Gasteiger charge is -2.16. The van der Waals surface area contributed by atoms with Crippen LogP contribution in [0.15, 0.2) is 34.7 Å². The Morgan fingerprint density at radius 3 is 2.73 bits per heavy atom. The predicted octanol–water partition coefficient (Wildman–Crippen LogP) is 2.84. The van der Waals surface area contributed by atoms with Crippen molar-refractivity contribution in [3.8, 4) is 34.4 Å². The number of H-pyrrole nitrogens is 1. The number of halogens is 1. The Morgan fingerprint density at radius 1 is 1.21 bits per heavy atom. The second kappa shape index (κ2) is 7.21.